The fourth-order valence-electron chi connectivity index (χ4n) is 2.79. The molecule has 1 aromatic carbocycles. The zero-order valence-corrected chi connectivity index (χ0v) is 13.4. The summed E-state index contributed by atoms with van der Waals surface area (Å²) in [5.74, 6) is -4.88. The van der Waals surface area contributed by atoms with E-state index in [1.165, 1.54) is 6.07 Å². The van der Waals surface area contributed by atoms with Crippen LogP contribution >= 0.6 is 11.6 Å². The van der Waals surface area contributed by atoms with E-state index in [1.807, 2.05) is 0 Å². The number of amides is 1. The molecule has 1 aliphatic carbocycles. The Morgan fingerprint density at radius 3 is 2.57 bits per heavy atom. The van der Waals surface area contributed by atoms with Crippen LogP contribution in [0.15, 0.2) is 18.2 Å². The third kappa shape index (κ3) is 2.86. The summed E-state index contributed by atoms with van der Waals surface area (Å²) in [4.78, 5) is 48.1. The molecule has 0 saturated heterocycles. The van der Waals surface area contributed by atoms with Crippen molar-refractivity contribution in [3.8, 4) is 0 Å². The molecule has 0 radical (unpaired) electrons. The van der Waals surface area contributed by atoms with Gasteiger partial charge in [0.2, 0.25) is 5.91 Å². The van der Waals surface area contributed by atoms with Crippen LogP contribution in [0.1, 0.15) is 36.2 Å². The molecule has 1 unspecified atom stereocenters. The van der Waals surface area contributed by atoms with Gasteiger partial charge in [-0.1, -0.05) is 24.6 Å². The van der Waals surface area contributed by atoms with E-state index in [9.17, 15) is 19.2 Å². The van der Waals surface area contributed by atoms with Gasteiger partial charge in [-0.3, -0.25) is 19.2 Å². The van der Waals surface area contributed by atoms with Crippen LogP contribution in [0.25, 0.3) is 0 Å². The Balaban J connectivity index is 2.51. The Morgan fingerprint density at radius 2 is 2.00 bits per heavy atom. The summed E-state index contributed by atoms with van der Waals surface area (Å²) < 4.78 is 0. The first-order valence-corrected chi connectivity index (χ1v) is 7.48. The Labute approximate surface area is 137 Å². The molecule has 2 atom stereocenters. The van der Waals surface area contributed by atoms with Crippen LogP contribution in [0, 0.1) is 5.92 Å². The van der Waals surface area contributed by atoms with E-state index in [0.717, 1.165) is 0 Å². The zero-order valence-electron chi connectivity index (χ0n) is 12.7. The number of carboxylic acid groups (broad SMARTS) is 1. The number of ketones is 2. The number of carbonyl (C=O) groups excluding carboxylic acids is 3. The minimum atomic E-state index is -1.55. The summed E-state index contributed by atoms with van der Waals surface area (Å²) in [5.41, 5.74) is -0.224. The van der Waals surface area contributed by atoms with Crippen molar-refractivity contribution < 1.29 is 24.3 Å². The van der Waals surface area contributed by atoms with E-state index >= 15 is 0 Å². The van der Waals surface area contributed by atoms with Crippen molar-refractivity contribution in [2.75, 3.05) is 6.54 Å². The Morgan fingerprint density at radius 1 is 1.35 bits per heavy atom. The highest BCUT2D eigenvalue weighted by atomic mass is 35.5. The number of carboxylic acids is 1. The Kier molecular flexibility index (Phi) is 4.56. The number of aliphatic carboxylic acids is 1. The maximum Gasteiger partial charge on any atom is 0.322 e. The van der Waals surface area contributed by atoms with Gasteiger partial charge < -0.3 is 10.4 Å². The molecule has 1 aliphatic rings. The van der Waals surface area contributed by atoms with Crippen LogP contribution in [0.5, 0.6) is 0 Å². The normalized spacial score (nSPS) is 23.3. The molecule has 2 N–H and O–H groups in total. The molecule has 2 rings (SSSR count). The fourth-order valence-corrected chi connectivity index (χ4v) is 2.97. The molecule has 0 heterocycles. The van der Waals surface area contributed by atoms with Gasteiger partial charge in [-0.15, -0.1) is 0 Å². The summed E-state index contributed by atoms with van der Waals surface area (Å²) in [5, 5.41) is 11.1. The van der Waals surface area contributed by atoms with E-state index in [2.05, 4.69) is 5.32 Å². The standard InChI is InChI=1S/C16H16ClNO5/c1-3-16(2)10-5-4-8(17)6-9(10)13(21)12(14(16)22)15(23)18-7-11(19)20/h4-6,12H,3,7H2,1-2H3,(H,18,23)(H,19,20)/t12?,16-/m1/s1. The third-order valence-corrected chi connectivity index (χ3v) is 4.53. The minimum Gasteiger partial charge on any atom is -0.480 e. The molecule has 0 fully saturated rings. The van der Waals surface area contributed by atoms with Gasteiger partial charge in [0.05, 0.1) is 5.41 Å². The highest BCUT2D eigenvalue weighted by Crippen LogP contribution is 2.40. The summed E-state index contributed by atoms with van der Waals surface area (Å²) >= 11 is 5.93. The smallest absolute Gasteiger partial charge is 0.322 e. The van der Waals surface area contributed by atoms with Gasteiger partial charge in [0.1, 0.15) is 6.54 Å². The fraction of sp³-hybridized carbons (Fsp3) is 0.375. The molecule has 1 aromatic rings. The van der Waals surface area contributed by atoms with Crippen LogP contribution in [0.2, 0.25) is 5.02 Å². The number of rotatable bonds is 4. The largest absolute Gasteiger partial charge is 0.480 e. The quantitative estimate of drug-likeness (QED) is 0.812. The molecular weight excluding hydrogens is 322 g/mol. The van der Waals surface area contributed by atoms with Crippen LogP contribution in [-0.2, 0) is 19.8 Å². The first kappa shape index (κ1) is 17.1. The molecule has 122 valence electrons. The monoisotopic (exact) mass is 337 g/mol. The molecule has 0 aliphatic heterocycles. The molecular formula is C16H16ClNO5. The number of nitrogens with one attached hydrogen (secondary N) is 1. The SMILES string of the molecule is CC[C@@]1(C)C(=O)C(C(=O)NCC(=O)O)C(=O)c2cc(Cl)ccc21. The van der Waals surface area contributed by atoms with Crippen LogP contribution in [0.3, 0.4) is 0 Å². The molecule has 0 bridgehead atoms. The molecule has 6 nitrogen and oxygen atoms in total. The van der Waals surface area contributed by atoms with E-state index in [1.54, 1.807) is 26.0 Å². The van der Waals surface area contributed by atoms with Gasteiger partial charge in [0.25, 0.3) is 0 Å². The first-order chi connectivity index (χ1) is 10.7. The molecule has 23 heavy (non-hydrogen) atoms. The van der Waals surface area contributed by atoms with Crippen LogP contribution in [0.4, 0.5) is 0 Å². The number of hydrogen-bond acceptors (Lipinski definition) is 4. The highest BCUT2D eigenvalue weighted by molar-refractivity contribution is 6.33. The summed E-state index contributed by atoms with van der Waals surface area (Å²) in [6.07, 6.45) is 0.399. The number of halogens is 1. The van der Waals surface area contributed by atoms with Gasteiger partial charge in [-0.25, -0.2) is 0 Å². The second-order valence-electron chi connectivity index (χ2n) is 5.65. The average Bonchev–Trinajstić information content (AvgIpc) is 2.50. The van der Waals surface area contributed by atoms with E-state index in [0.29, 0.717) is 17.0 Å². The summed E-state index contributed by atoms with van der Waals surface area (Å²) in [6.45, 7) is 2.81. The van der Waals surface area contributed by atoms with Crippen LogP contribution in [-0.4, -0.2) is 35.1 Å². The number of carbonyl (C=O) groups is 4. The second kappa shape index (κ2) is 6.12. The maximum atomic E-state index is 12.8. The number of benzene rings is 1. The predicted octanol–water partition coefficient (Wildman–Crippen LogP) is 1.59. The lowest BCUT2D eigenvalue weighted by Gasteiger charge is -2.36. The van der Waals surface area contributed by atoms with Crippen LogP contribution < -0.4 is 5.32 Å². The van der Waals surface area contributed by atoms with E-state index in [-0.39, 0.29) is 5.56 Å². The molecule has 0 aromatic heterocycles. The van der Waals surface area contributed by atoms with Crippen molar-refractivity contribution in [3.63, 3.8) is 0 Å². The van der Waals surface area contributed by atoms with Gasteiger partial charge in [0.15, 0.2) is 17.5 Å². The minimum absolute atomic E-state index is 0.233. The van der Waals surface area contributed by atoms with Gasteiger partial charge in [-0.05, 0) is 31.0 Å². The predicted molar refractivity (Wildman–Crippen MR) is 82.6 cm³/mol. The molecule has 1 amide bonds. The lowest BCUT2D eigenvalue weighted by molar-refractivity contribution is -0.140. The Bertz CT molecular complexity index is 714. The van der Waals surface area contributed by atoms with Gasteiger partial charge in [0, 0.05) is 10.6 Å². The Hall–Kier alpha value is -2.21. The first-order valence-electron chi connectivity index (χ1n) is 7.10. The lowest BCUT2D eigenvalue weighted by Crippen LogP contribution is -2.52. The third-order valence-electron chi connectivity index (χ3n) is 4.29. The second-order valence-corrected chi connectivity index (χ2v) is 6.09. The topological polar surface area (TPSA) is 101 Å². The van der Waals surface area contributed by atoms with Crippen molar-refractivity contribution in [2.24, 2.45) is 5.92 Å². The number of hydrogen-bond donors (Lipinski definition) is 2. The maximum absolute atomic E-state index is 12.8. The summed E-state index contributed by atoms with van der Waals surface area (Å²) in [7, 11) is 0. The number of fused-ring (bicyclic) bond motifs is 1. The van der Waals surface area contributed by atoms with E-state index < -0.39 is 41.3 Å². The van der Waals surface area contributed by atoms with Gasteiger partial charge in [-0.2, -0.15) is 0 Å². The molecule has 7 heteroatoms. The van der Waals surface area contributed by atoms with Crippen molar-refractivity contribution >= 4 is 35.0 Å². The lowest BCUT2D eigenvalue weighted by atomic mass is 9.64. The van der Waals surface area contributed by atoms with Crippen molar-refractivity contribution in [1.29, 1.82) is 0 Å². The zero-order chi connectivity index (χ0) is 17.4. The van der Waals surface area contributed by atoms with Crippen molar-refractivity contribution in [2.45, 2.75) is 25.7 Å². The van der Waals surface area contributed by atoms with Crippen molar-refractivity contribution in [1.82, 2.24) is 5.32 Å². The molecule has 0 saturated carbocycles. The summed E-state index contributed by atoms with van der Waals surface area (Å²) in [6, 6.07) is 4.67. The molecule has 0 spiro atoms. The highest BCUT2D eigenvalue weighted by Gasteiger charge is 2.50. The average molecular weight is 338 g/mol. The number of Topliss-reactive ketones (excluding diaryl/α,β-unsaturated/α-hetero) is 2. The van der Waals surface area contributed by atoms with Gasteiger partial charge >= 0.3 is 5.97 Å². The van der Waals surface area contributed by atoms with E-state index in [4.69, 9.17) is 16.7 Å². The van der Waals surface area contributed by atoms with Crippen molar-refractivity contribution in [3.05, 3.63) is 34.3 Å².